The molecule has 3 rings (SSSR count). The topological polar surface area (TPSA) is 74.2 Å². The van der Waals surface area contributed by atoms with Crippen LogP contribution in [0.25, 0.3) is 0 Å². The van der Waals surface area contributed by atoms with Gasteiger partial charge in [-0.15, -0.1) is 0 Å². The fraction of sp³-hybridized carbons (Fsp3) is 0.423. The van der Waals surface area contributed by atoms with Crippen molar-refractivity contribution in [2.45, 2.75) is 52.7 Å². The van der Waals surface area contributed by atoms with Crippen LogP contribution in [-0.2, 0) is 13.0 Å². The number of rotatable bonds is 10. The van der Waals surface area contributed by atoms with Crippen LogP contribution in [0.5, 0.6) is 23.0 Å². The molecule has 0 unspecified atom stereocenters. The minimum Gasteiger partial charge on any atom is -0.494 e. The molecule has 0 spiro atoms. The molecule has 0 aromatic heterocycles. The quantitative estimate of drug-likeness (QED) is 0.422. The molecule has 0 saturated heterocycles. The lowest BCUT2D eigenvalue weighted by atomic mass is 9.91. The van der Waals surface area contributed by atoms with Crippen molar-refractivity contribution in [3.05, 3.63) is 59.2 Å². The van der Waals surface area contributed by atoms with E-state index in [0.29, 0.717) is 35.0 Å². The second-order valence-electron chi connectivity index (χ2n) is 8.40. The number of aliphatic hydroxyl groups is 1. The van der Waals surface area contributed by atoms with E-state index < -0.39 is 0 Å². The number of carbonyl (C=O) groups is 1. The third kappa shape index (κ3) is 5.25. The van der Waals surface area contributed by atoms with Crippen molar-refractivity contribution in [1.29, 1.82) is 0 Å². The number of ketones is 1. The summed E-state index contributed by atoms with van der Waals surface area (Å²) in [6.45, 7) is 12.0. The molecule has 0 aliphatic carbocycles. The van der Waals surface area contributed by atoms with Crippen molar-refractivity contribution in [3.63, 3.8) is 0 Å². The summed E-state index contributed by atoms with van der Waals surface area (Å²) in [6.07, 6.45) is 3.18. The van der Waals surface area contributed by atoms with Crippen molar-refractivity contribution >= 4 is 5.78 Å². The number of aliphatic hydroxyl groups excluding tert-OH is 1. The van der Waals surface area contributed by atoms with Crippen LogP contribution in [0.1, 0.15) is 54.2 Å². The van der Waals surface area contributed by atoms with E-state index in [0.717, 1.165) is 29.7 Å². The van der Waals surface area contributed by atoms with Gasteiger partial charge in [0.2, 0.25) is 5.78 Å². The summed E-state index contributed by atoms with van der Waals surface area (Å²) in [5, 5.41) is 9.96. The zero-order valence-corrected chi connectivity index (χ0v) is 19.3. The Balaban J connectivity index is 1.87. The smallest absolute Gasteiger partial charge is 0.203 e. The lowest BCUT2D eigenvalue weighted by Gasteiger charge is -2.34. The summed E-state index contributed by atoms with van der Waals surface area (Å²) in [6, 6.07) is 7.05. The Hall–Kier alpha value is -2.99. The normalized spacial score (nSPS) is 14.2. The molecule has 1 N–H and O–H groups in total. The van der Waals surface area contributed by atoms with Crippen molar-refractivity contribution in [2.75, 3.05) is 19.8 Å². The number of ether oxygens (including phenoxy) is 4. The van der Waals surface area contributed by atoms with E-state index in [-0.39, 0.29) is 31.2 Å². The second-order valence-corrected chi connectivity index (χ2v) is 8.40. The van der Waals surface area contributed by atoms with E-state index in [1.165, 1.54) is 0 Å². The monoisotopic (exact) mass is 440 g/mol. The van der Waals surface area contributed by atoms with Gasteiger partial charge in [0.25, 0.3) is 0 Å². The van der Waals surface area contributed by atoms with Gasteiger partial charge in [-0.05, 0) is 64.3 Å². The highest BCUT2D eigenvalue weighted by Gasteiger charge is 2.31. The van der Waals surface area contributed by atoms with Crippen LogP contribution in [0.15, 0.2) is 36.9 Å². The lowest BCUT2D eigenvalue weighted by molar-refractivity contribution is 0.0812. The molecule has 1 heterocycles. The van der Waals surface area contributed by atoms with Gasteiger partial charge in [0.15, 0.2) is 6.61 Å². The molecule has 2 aromatic rings. The zero-order chi connectivity index (χ0) is 23.3. The predicted molar refractivity (Wildman–Crippen MR) is 123 cm³/mol. The highest BCUT2D eigenvalue weighted by atomic mass is 16.5. The van der Waals surface area contributed by atoms with Gasteiger partial charge >= 0.3 is 0 Å². The second kappa shape index (κ2) is 10.1. The van der Waals surface area contributed by atoms with Gasteiger partial charge < -0.3 is 24.1 Å². The maximum atomic E-state index is 13.1. The number of hydrogen-bond acceptors (Lipinski definition) is 6. The Labute approximate surface area is 189 Å². The fourth-order valence-electron chi connectivity index (χ4n) is 3.79. The van der Waals surface area contributed by atoms with E-state index >= 15 is 0 Å². The molecule has 0 radical (unpaired) electrons. The molecule has 0 saturated carbocycles. The molecule has 0 amide bonds. The van der Waals surface area contributed by atoms with Gasteiger partial charge in [0.1, 0.15) is 35.2 Å². The molecule has 2 aromatic carbocycles. The molecule has 6 nitrogen and oxygen atoms in total. The average Bonchev–Trinajstić information content (AvgIpc) is 2.75. The molecule has 32 heavy (non-hydrogen) atoms. The molecule has 0 fully saturated rings. The van der Waals surface area contributed by atoms with Gasteiger partial charge in [0, 0.05) is 17.2 Å². The number of carbonyl (C=O) groups excluding carboxylic acids is 1. The zero-order valence-electron chi connectivity index (χ0n) is 19.3. The summed E-state index contributed by atoms with van der Waals surface area (Å²) in [4.78, 5) is 13.1. The number of benzene rings is 2. The van der Waals surface area contributed by atoms with E-state index in [1.54, 1.807) is 24.3 Å². The summed E-state index contributed by atoms with van der Waals surface area (Å²) in [5.74, 6) is 2.09. The number of aryl methyl sites for hydroxylation is 1. The van der Waals surface area contributed by atoms with E-state index in [4.69, 9.17) is 18.9 Å². The molecule has 6 heteroatoms. The van der Waals surface area contributed by atoms with Gasteiger partial charge in [-0.2, -0.15) is 0 Å². The lowest BCUT2D eigenvalue weighted by Crippen LogP contribution is -2.33. The Morgan fingerprint density at radius 2 is 2.03 bits per heavy atom. The number of hydrogen-bond donors (Lipinski definition) is 1. The van der Waals surface area contributed by atoms with Gasteiger partial charge in [-0.1, -0.05) is 12.7 Å². The number of Topliss-reactive ketones (excluding diaryl/α,β-unsaturated/α-hetero) is 1. The first kappa shape index (κ1) is 23.7. The molecular weight excluding hydrogens is 408 g/mol. The Morgan fingerprint density at radius 1 is 1.25 bits per heavy atom. The van der Waals surface area contributed by atoms with Crippen LogP contribution in [0.3, 0.4) is 0 Å². The molecule has 0 atom stereocenters. The van der Waals surface area contributed by atoms with Crippen molar-refractivity contribution < 1.29 is 28.8 Å². The van der Waals surface area contributed by atoms with E-state index in [1.807, 2.05) is 33.8 Å². The summed E-state index contributed by atoms with van der Waals surface area (Å²) >= 11 is 0. The van der Waals surface area contributed by atoms with Crippen LogP contribution < -0.4 is 18.9 Å². The Bertz CT molecular complexity index is 992. The summed E-state index contributed by atoms with van der Waals surface area (Å²) in [5.41, 5.74) is 2.56. The Kier molecular flexibility index (Phi) is 7.46. The van der Waals surface area contributed by atoms with Crippen molar-refractivity contribution in [2.24, 2.45) is 0 Å². The maximum Gasteiger partial charge on any atom is 0.203 e. The first-order chi connectivity index (χ1) is 15.3. The van der Waals surface area contributed by atoms with Crippen LogP contribution in [0, 0.1) is 6.92 Å². The third-order valence-corrected chi connectivity index (χ3v) is 5.46. The molecule has 1 aliphatic rings. The standard InChI is InChI=1S/C26H32O6/c1-6-12-30-23-14-18(29-7-2)8-9-19(23)22(28)16-31-25-20-10-11-26(4,5)32-24(20)13-17(3)21(25)15-27/h6,8-9,13-14,27H,1,7,10-12,15-16H2,2-5H3. The SMILES string of the molecule is C=CCOc1cc(OCC)ccc1C(=O)COc1c(CO)c(C)cc2c1CCC(C)(C)O2. The predicted octanol–water partition coefficient (Wildman–Crippen LogP) is 4.82. The Morgan fingerprint density at radius 3 is 2.72 bits per heavy atom. The van der Waals surface area contributed by atoms with Crippen LogP contribution >= 0.6 is 0 Å². The van der Waals surface area contributed by atoms with Crippen LogP contribution in [-0.4, -0.2) is 36.3 Å². The first-order valence-electron chi connectivity index (χ1n) is 10.9. The van der Waals surface area contributed by atoms with Gasteiger partial charge in [-0.3, -0.25) is 4.79 Å². The maximum absolute atomic E-state index is 13.1. The molecule has 1 aliphatic heterocycles. The van der Waals surface area contributed by atoms with Gasteiger partial charge in [-0.25, -0.2) is 0 Å². The van der Waals surface area contributed by atoms with Crippen molar-refractivity contribution in [3.8, 4) is 23.0 Å². The van der Waals surface area contributed by atoms with Crippen LogP contribution in [0.4, 0.5) is 0 Å². The molecular formula is C26H32O6. The first-order valence-corrected chi connectivity index (χ1v) is 10.9. The summed E-state index contributed by atoms with van der Waals surface area (Å²) in [7, 11) is 0. The van der Waals surface area contributed by atoms with Crippen LogP contribution in [0.2, 0.25) is 0 Å². The van der Waals surface area contributed by atoms with E-state index in [2.05, 4.69) is 6.58 Å². The minimum absolute atomic E-state index is 0.178. The highest BCUT2D eigenvalue weighted by molar-refractivity contribution is 6.00. The van der Waals surface area contributed by atoms with Gasteiger partial charge in [0.05, 0.1) is 18.8 Å². The molecule has 172 valence electrons. The van der Waals surface area contributed by atoms with Crippen molar-refractivity contribution in [1.82, 2.24) is 0 Å². The highest BCUT2D eigenvalue weighted by Crippen LogP contribution is 2.42. The number of fused-ring (bicyclic) bond motifs is 1. The minimum atomic E-state index is -0.271. The molecule has 0 bridgehead atoms. The summed E-state index contributed by atoms with van der Waals surface area (Å²) < 4.78 is 23.4. The van der Waals surface area contributed by atoms with E-state index in [9.17, 15) is 9.90 Å². The average molecular weight is 441 g/mol. The third-order valence-electron chi connectivity index (χ3n) is 5.46. The fourth-order valence-corrected chi connectivity index (χ4v) is 3.79. The largest absolute Gasteiger partial charge is 0.494 e.